The van der Waals surface area contributed by atoms with Gasteiger partial charge in [-0.25, -0.2) is 9.97 Å². The Morgan fingerprint density at radius 1 is 1.17 bits per heavy atom. The zero-order chi connectivity index (χ0) is 13.1. The fourth-order valence-corrected chi connectivity index (χ4v) is 2.10. The van der Waals surface area contributed by atoms with Crippen molar-refractivity contribution in [3.8, 4) is 17.1 Å². The van der Waals surface area contributed by atoms with Crippen molar-refractivity contribution in [2.75, 3.05) is 6.61 Å². The van der Waals surface area contributed by atoms with Gasteiger partial charge in [-0.2, -0.15) is 0 Å². The molecule has 0 N–H and O–H groups in total. The Morgan fingerprint density at radius 3 is 2.56 bits per heavy atom. The van der Waals surface area contributed by atoms with Crippen LogP contribution >= 0.6 is 15.9 Å². The van der Waals surface area contributed by atoms with E-state index in [-0.39, 0.29) is 0 Å². The molecule has 1 aromatic heterocycles. The van der Waals surface area contributed by atoms with E-state index in [2.05, 4.69) is 25.9 Å². The highest BCUT2D eigenvalue weighted by atomic mass is 79.9. The minimum absolute atomic E-state index is 0.628. The van der Waals surface area contributed by atoms with Crippen molar-refractivity contribution in [2.45, 2.75) is 20.8 Å². The first-order valence-electron chi connectivity index (χ1n) is 5.86. The second-order valence-corrected chi connectivity index (χ2v) is 4.73. The van der Waals surface area contributed by atoms with Crippen LogP contribution in [0.3, 0.4) is 0 Å². The molecule has 18 heavy (non-hydrogen) atoms. The van der Waals surface area contributed by atoms with E-state index in [0.29, 0.717) is 12.4 Å². The first-order chi connectivity index (χ1) is 8.63. The highest BCUT2D eigenvalue weighted by molar-refractivity contribution is 9.10. The number of ether oxygens (including phenoxy) is 1. The molecule has 0 atom stereocenters. The molecule has 0 aliphatic heterocycles. The van der Waals surface area contributed by atoms with Crippen molar-refractivity contribution in [1.29, 1.82) is 0 Å². The van der Waals surface area contributed by atoms with Gasteiger partial charge in [0.05, 0.1) is 12.2 Å². The minimum atomic E-state index is 0.628. The Labute approximate surface area is 115 Å². The van der Waals surface area contributed by atoms with Gasteiger partial charge in [-0.1, -0.05) is 12.1 Å². The van der Waals surface area contributed by atoms with Crippen molar-refractivity contribution >= 4 is 15.9 Å². The van der Waals surface area contributed by atoms with Gasteiger partial charge in [-0.05, 0) is 48.8 Å². The number of hydrogen-bond acceptors (Lipinski definition) is 3. The predicted octanol–water partition coefficient (Wildman–Crippen LogP) is 3.92. The number of hydrogen-bond donors (Lipinski definition) is 0. The molecule has 2 aromatic rings. The summed E-state index contributed by atoms with van der Waals surface area (Å²) < 4.78 is 6.44. The smallest absolute Gasteiger partial charge is 0.164 e. The maximum absolute atomic E-state index is 5.61. The van der Waals surface area contributed by atoms with Crippen molar-refractivity contribution < 1.29 is 4.74 Å². The van der Waals surface area contributed by atoms with Gasteiger partial charge in [0.15, 0.2) is 5.82 Å². The van der Waals surface area contributed by atoms with E-state index in [4.69, 9.17) is 4.74 Å². The molecule has 94 valence electrons. The molecule has 0 saturated heterocycles. The summed E-state index contributed by atoms with van der Waals surface area (Å²) in [6, 6.07) is 7.82. The molecule has 4 heteroatoms. The maximum Gasteiger partial charge on any atom is 0.164 e. The van der Waals surface area contributed by atoms with Crippen LogP contribution in [-0.2, 0) is 0 Å². The van der Waals surface area contributed by atoms with Crippen LogP contribution < -0.4 is 4.74 Å². The molecule has 0 unspecified atom stereocenters. The molecule has 0 aliphatic carbocycles. The van der Waals surface area contributed by atoms with E-state index in [9.17, 15) is 0 Å². The van der Waals surface area contributed by atoms with Crippen molar-refractivity contribution in [3.63, 3.8) is 0 Å². The minimum Gasteiger partial charge on any atom is -0.493 e. The summed E-state index contributed by atoms with van der Waals surface area (Å²) in [4.78, 5) is 9.00. The van der Waals surface area contributed by atoms with E-state index < -0.39 is 0 Å². The van der Waals surface area contributed by atoms with Crippen LogP contribution in [0.1, 0.15) is 18.2 Å². The fraction of sp³-hybridized carbons (Fsp3) is 0.286. The third kappa shape index (κ3) is 2.53. The van der Waals surface area contributed by atoms with Gasteiger partial charge in [-0.15, -0.1) is 0 Å². The number of halogens is 1. The monoisotopic (exact) mass is 306 g/mol. The Hall–Kier alpha value is -1.42. The highest BCUT2D eigenvalue weighted by Crippen LogP contribution is 2.29. The Bertz CT molecular complexity index is 546. The molecule has 0 saturated carbocycles. The van der Waals surface area contributed by atoms with E-state index in [1.165, 1.54) is 0 Å². The van der Waals surface area contributed by atoms with Gasteiger partial charge >= 0.3 is 0 Å². The van der Waals surface area contributed by atoms with Crippen LogP contribution in [0.25, 0.3) is 11.4 Å². The molecule has 0 bridgehead atoms. The van der Waals surface area contributed by atoms with Crippen LogP contribution in [0.5, 0.6) is 5.75 Å². The molecule has 0 amide bonds. The summed E-state index contributed by atoms with van der Waals surface area (Å²) >= 11 is 3.47. The van der Waals surface area contributed by atoms with E-state index in [1.807, 2.05) is 45.0 Å². The van der Waals surface area contributed by atoms with Gasteiger partial charge in [0.1, 0.15) is 10.4 Å². The third-order valence-corrected chi connectivity index (χ3v) is 3.53. The van der Waals surface area contributed by atoms with Crippen molar-refractivity contribution in [2.24, 2.45) is 0 Å². The van der Waals surface area contributed by atoms with Gasteiger partial charge < -0.3 is 4.74 Å². The van der Waals surface area contributed by atoms with E-state index >= 15 is 0 Å². The number of para-hydroxylation sites is 1. The SMILES string of the molecule is CCOc1ccccc1-c1nc(C)c(C)c(Br)n1. The topological polar surface area (TPSA) is 35.0 Å². The molecular formula is C14H15BrN2O. The van der Waals surface area contributed by atoms with E-state index in [0.717, 1.165) is 27.2 Å². The Kier molecular flexibility index (Phi) is 3.97. The van der Waals surface area contributed by atoms with Crippen LogP contribution in [0.2, 0.25) is 0 Å². The van der Waals surface area contributed by atoms with Gasteiger partial charge in [0.2, 0.25) is 0 Å². The lowest BCUT2D eigenvalue weighted by atomic mass is 10.1. The van der Waals surface area contributed by atoms with Gasteiger partial charge in [0.25, 0.3) is 0 Å². The number of aromatic nitrogens is 2. The molecule has 0 spiro atoms. The van der Waals surface area contributed by atoms with Crippen LogP contribution in [0.4, 0.5) is 0 Å². The second-order valence-electron chi connectivity index (χ2n) is 3.98. The summed E-state index contributed by atoms with van der Waals surface area (Å²) in [6.07, 6.45) is 0. The lowest BCUT2D eigenvalue weighted by Crippen LogP contribution is -1.99. The van der Waals surface area contributed by atoms with Crippen LogP contribution in [-0.4, -0.2) is 16.6 Å². The van der Waals surface area contributed by atoms with Crippen LogP contribution in [0, 0.1) is 13.8 Å². The first kappa shape index (κ1) is 13.0. The fourth-order valence-electron chi connectivity index (χ4n) is 1.65. The number of aryl methyl sites for hydroxylation is 1. The maximum atomic E-state index is 5.61. The largest absolute Gasteiger partial charge is 0.493 e. The summed E-state index contributed by atoms with van der Waals surface area (Å²) in [6.45, 7) is 6.57. The van der Waals surface area contributed by atoms with Crippen molar-refractivity contribution in [1.82, 2.24) is 9.97 Å². The average molecular weight is 307 g/mol. The molecule has 2 rings (SSSR count). The molecular weight excluding hydrogens is 292 g/mol. The number of nitrogens with zero attached hydrogens (tertiary/aromatic N) is 2. The molecule has 0 aliphatic rings. The standard InChI is InChI=1S/C14H15BrN2O/c1-4-18-12-8-6-5-7-11(12)14-16-10(3)9(2)13(15)17-14/h5-8H,4H2,1-3H3. The first-order valence-corrected chi connectivity index (χ1v) is 6.65. The Balaban J connectivity index is 2.55. The quantitative estimate of drug-likeness (QED) is 0.806. The summed E-state index contributed by atoms with van der Waals surface area (Å²) in [7, 11) is 0. The summed E-state index contributed by atoms with van der Waals surface area (Å²) in [5, 5.41) is 0. The second kappa shape index (κ2) is 5.48. The zero-order valence-electron chi connectivity index (χ0n) is 10.7. The number of benzene rings is 1. The molecule has 0 fully saturated rings. The van der Waals surface area contributed by atoms with Crippen LogP contribution in [0.15, 0.2) is 28.9 Å². The average Bonchev–Trinajstić information content (AvgIpc) is 2.36. The third-order valence-electron chi connectivity index (χ3n) is 2.76. The molecule has 1 aromatic carbocycles. The van der Waals surface area contributed by atoms with E-state index in [1.54, 1.807) is 0 Å². The molecule has 1 heterocycles. The highest BCUT2D eigenvalue weighted by Gasteiger charge is 2.11. The zero-order valence-corrected chi connectivity index (χ0v) is 12.3. The predicted molar refractivity (Wildman–Crippen MR) is 75.8 cm³/mol. The Morgan fingerprint density at radius 2 is 1.89 bits per heavy atom. The van der Waals surface area contributed by atoms with Gasteiger partial charge in [0, 0.05) is 11.3 Å². The van der Waals surface area contributed by atoms with Crippen molar-refractivity contribution in [3.05, 3.63) is 40.1 Å². The normalized spacial score (nSPS) is 10.4. The molecule has 3 nitrogen and oxygen atoms in total. The van der Waals surface area contributed by atoms with Gasteiger partial charge in [-0.3, -0.25) is 0 Å². The summed E-state index contributed by atoms with van der Waals surface area (Å²) in [5.74, 6) is 1.50. The summed E-state index contributed by atoms with van der Waals surface area (Å²) in [5.41, 5.74) is 2.95. The number of rotatable bonds is 3. The molecule has 0 radical (unpaired) electrons. The lowest BCUT2D eigenvalue weighted by molar-refractivity contribution is 0.341. The lowest BCUT2D eigenvalue weighted by Gasteiger charge is -2.10.